The Kier molecular flexibility index (Phi) is 3.81. The lowest BCUT2D eigenvalue weighted by atomic mass is 9.84. The molecule has 0 unspecified atom stereocenters. The molecule has 1 aliphatic carbocycles. The maximum atomic E-state index is 4.68. The van der Waals surface area contributed by atoms with Crippen LogP contribution in [0.2, 0.25) is 0 Å². The Morgan fingerprint density at radius 3 is 2.62 bits per heavy atom. The zero-order valence-electron chi connectivity index (χ0n) is 14.8. The van der Waals surface area contributed by atoms with Crippen LogP contribution in [-0.2, 0) is 0 Å². The summed E-state index contributed by atoms with van der Waals surface area (Å²) in [6, 6.07) is 17.1. The predicted octanol–water partition coefficient (Wildman–Crippen LogP) is 5.26. The third-order valence-corrected chi connectivity index (χ3v) is 5.52. The van der Waals surface area contributed by atoms with Gasteiger partial charge in [-0.3, -0.25) is 4.57 Å². The molecule has 26 heavy (non-hydrogen) atoms. The number of imidazole rings is 1. The van der Waals surface area contributed by atoms with E-state index < -0.39 is 0 Å². The van der Waals surface area contributed by atoms with E-state index in [1.165, 1.54) is 37.7 Å². The second-order valence-corrected chi connectivity index (χ2v) is 7.17. The van der Waals surface area contributed by atoms with Gasteiger partial charge in [0.25, 0.3) is 0 Å². The second kappa shape index (κ2) is 6.45. The molecule has 2 heterocycles. The standard InChI is InChI=1S/C22H22N4/c1-2-6-17(7-3-1)18-10-11-22-21(14-18)23-16-25(22)19-8-4-9-20(15-19)26-13-5-12-24-26/h4-5,8-17H,1-3,6-7H2. The van der Waals surface area contributed by atoms with Gasteiger partial charge in [0.1, 0.15) is 6.33 Å². The predicted molar refractivity (Wildman–Crippen MR) is 104 cm³/mol. The minimum absolute atomic E-state index is 0.710. The van der Waals surface area contributed by atoms with E-state index >= 15 is 0 Å². The van der Waals surface area contributed by atoms with Crippen LogP contribution < -0.4 is 0 Å². The van der Waals surface area contributed by atoms with E-state index in [9.17, 15) is 0 Å². The molecule has 2 aromatic heterocycles. The van der Waals surface area contributed by atoms with Gasteiger partial charge in [-0.05, 0) is 60.7 Å². The molecule has 0 amide bonds. The monoisotopic (exact) mass is 342 g/mol. The number of benzene rings is 2. The summed E-state index contributed by atoms with van der Waals surface area (Å²) in [5.41, 5.74) is 5.84. The van der Waals surface area contributed by atoms with Gasteiger partial charge in [0.15, 0.2) is 0 Å². The number of hydrogen-bond acceptors (Lipinski definition) is 2. The van der Waals surface area contributed by atoms with Crippen LogP contribution in [0.5, 0.6) is 0 Å². The van der Waals surface area contributed by atoms with Crippen LogP contribution in [0.15, 0.2) is 67.3 Å². The molecule has 1 fully saturated rings. The molecule has 0 radical (unpaired) electrons. The molecule has 0 saturated heterocycles. The average molecular weight is 342 g/mol. The summed E-state index contributed by atoms with van der Waals surface area (Å²) >= 11 is 0. The molecule has 0 aliphatic heterocycles. The van der Waals surface area contributed by atoms with Crippen molar-refractivity contribution in [1.29, 1.82) is 0 Å². The molecule has 4 aromatic rings. The highest BCUT2D eigenvalue weighted by Crippen LogP contribution is 2.34. The molecule has 4 nitrogen and oxygen atoms in total. The fourth-order valence-electron chi connectivity index (χ4n) is 4.13. The van der Waals surface area contributed by atoms with Crippen molar-refractivity contribution in [3.63, 3.8) is 0 Å². The number of aromatic nitrogens is 4. The van der Waals surface area contributed by atoms with E-state index in [4.69, 9.17) is 0 Å². The van der Waals surface area contributed by atoms with Crippen LogP contribution in [0, 0.1) is 0 Å². The molecule has 5 rings (SSSR count). The number of rotatable bonds is 3. The Labute approximate surface area is 153 Å². The van der Waals surface area contributed by atoms with Crippen LogP contribution in [0.25, 0.3) is 22.4 Å². The molecule has 130 valence electrons. The molecule has 1 saturated carbocycles. The van der Waals surface area contributed by atoms with E-state index in [1.807, 2.05) is 23.3 Å². The molecule has 0 bridgehead atoms. The maximum Gasteiger partial charge on any atom is 0.100 e. The fraction of sp³-hybridized carbons (Fsp3) is 0.273. The summed E-state index contributed by atoms with van der Waals surface area (Å²) in [5, 5.41) is 4.33. The SMILES string of the molecule is c1cc(-n2cccn2)cc(-n2cnc3cc(C4CCCCC4)ccc32)c1. The van der Waals surface area contributed by atoms with Gasteiger partial charge in [-0.25, -0.2) is 9.67 Å². The normalized spacial score (nSPS) is 15.5. The summed E-state index contributed by atoms with van der Waals surface area (Å²) in [4.78, 5) is 4.68. The van der Waals surface area contributed by atoms with Crippen molar-refractivity contribution in [2.45, 2.75) is 38.0 Å². The Morgan fingerprint density at radius 2 is 1.77 bits per heavy atom. The van der Waals surface area contributed by atoms with Crippen molar-refractivity contribution < 1.29 is 0 Å². The van der Waals surface area contributed by atoms with Crippen molar-refractivity contribution in [2.24, 2.45) is 0 Å². The Morgan fingerprint density at radius 1 is 0.885 bits per heavy atom. The van der Waals surface area contributed by atoms with E-state index in [1.54, 1.807) is 6.20 Å². The summed E-state index contributed by atoms with van der Waals surface area (Å²) < 4.78 is 4.04. The van der Waals surface area contributed by atoms with Crippen molar-refractivity contribution in [1.82, 2.24) is 19.3 Å². The van der Waals surface area contributed by atoms with Gasteiger partial charge < -0.3 is 0 Å². The van der Waals surface area contributed by atoms with Gasteiger partial charge >= 0.3 is 0 Å². The smallest absolute Gasteiger partial charge is 0.100 e. The van der Waals surface area contributed by atoms with Gasteiger partial charge in [0, 0.05) is 18.1 Å². The molecule has 4 heteroatoms. The van der Waals surface area contributed by atoms with Gasteiger partial charge in [-0.1, -0.05) is 31.4 Å². The lowest BCUT2D eigenvalue weighted by molar-refractivity contribution is 0.444. The van der Waals surface area contributed by atoms with E-state index in [0.29, 0.717) is 5.92 Å². The Hall–Kier alpha value is -2.88. The van der Waals surface area contributed by atoms with Crippen LogP contribution >= 0.6 is 0 Å². The molecule has 0 N–H and O–H groups in total. The third-order valence-electron chi connectivity index (χ3n) is 5.52. The van der Waals surface area contributed by atoms with Crippen molar-refractivity contribution in [2.75, 3.05) is 0 Å². The summed E-state index contributed by atoms with van der Waals surface area (Å²) in [6.07, 6.45) is 12.4. The lowest BCUT2D eigenvalue weighted by Gasteiger charge is -2.21. The first-order valence-corrected chi connectivity index (χ1v) is 9.46. The lowest BCUT2D eigenvalue weighted by Crippen LogP contribution is -2.04. The highest BCUT2D eigenvalue weighted by atomic mass is 15.3. The zero-order chi connectivity index (χ0) is 17.3. The van der Waals surface area contributed by atoms with Crippen molar-refractivity contribution >= 4 is 11.0 Å². The first-order chi connectivity index (χ1) is 12.9. The largest absolute Gasteiger partial charge is 0.299 e. The van der Waals surface area contributed by atoms with Crippen molar-refractivity contribution in [3.8, 4) is 11.4 Å². The number of nitrogens with zero attached hydrogens (tertiary/aromatic N) is 4. The molecule has 2 aromatic carbocycles. The topological polar surface area (TPSA) is 35.6 Å². The summed E-state index contributed by atoms with van der Waals surface area (Å²) in [5.74, 6) is 0.710. The van der Waals surface area contributed by atoms with Crippen LogP contribution in [0.3, 0.4) is 0 Å². The average Bonchev–Trinajstić information content (AvgIpc) is 3.38. The highest BCUT2D eigenvalue weighted by molar-refractivity contribution is 5.78. The highest BCUT2D eigenvalue weighted by Gasteiger charge is 2.16. The van der Waals surface area contributed by atoms with Gasteiger partial charge in [0.05, 0.1) is 16.7 Å². The first-order valence-electron chi connectivity index (χ1n) is 9.46. The van der Waals surface area contributed by atoms with Crippen LogP contribution in [0.4, 0.5) is 0 Å². The minimum atomic E-state index is 0.710. The van der Waals surface area contributed by atoms with E-state index in [2.05, 4.69) is 57.1 Å². The van der Waals surface area contributed by atoms with Crippen LogP contribution in [-0.4, -0.2) is 19.3 Å². The maximum absolute atomic E-state index is 4.68. The number of fused-ring (bicyclic) bond motifs is 1. The fourth-order valence-corrected chi connectivity index (χ4v) is 4.13. The zero-order valence-corrected chi connectivity index (χ0v) is 14.8. The summed E-state index contributed by atoms with van der Waals surface area (Å²) in [6.45, 7) is 0. The van der Waals surface area contributed by atoms with E-state index in [-0.39, 0.29) is 0 Å². The molecule has 0 spiro atoms. The molecule has 1 aliphatic rings. The van der Waals surface area contributed by atoms with Gasteiger partial charge in [-0.2, -0.15) is 5.10 Å². The van der Waals surface area contributed by atoms with Gasteiger partial charge in [0.2, 0.25) is 0 Å². The second-order valence-electron chi connectivity index (χ2n) is 7.17. The third kappa shape index (κ3) is 2.71. The van der Waals surface area contributed by atoms with Gasteiger partial charge in [-0.15, -0.1) is 0 Å². The minimum Gasteiger partial charge on any atom is -0.299 e. The number of hydrogen-bond donors (Lipinski definition) is 0. The van der Waals surface area contributed by atoms with E-state index in [0.717, 1.165) is 22.4 Å². The molecular weight excluding hydrogens is 320 g/mol. The molecule has 0 atom stereocenters. The molecular formula is C22H22N4. The Bertz CT molecular complexity index is 1020. The first kappa shape index (κ1) is 15.4. The Balaban J connectivity index is 1.53. The van der Waals surface area contributed by atoms with Crippen molar-refractivity contribution in [3.05, 3.63) is 72.8 Å². The quantitative estimate of drug-likeness (QED) is 0.509. The summed E-state index contributed by atoms with van der Waals surface area (Å²) in [7, 11) is 0. The van der Waals surface area contributed by atoms with Crippen LogP contribution in [0.1, 0.15) is 43.6 Å².